The van der Waals surface area contributed by atoms with Gasteiger partial charge in [-0.25, -0.2) is 0 Å². The second kappa shape index (κ2) is 7.85. The molecular formula is C21H25ClN4O. The third-order valence-electron chi connectivity index (χ3n) is 5.41. The lowest BCUT2D eigenvalue weighted by atomic mass is 9.89. The quantitative estimate of drug-likeness (QED) is 0.744. The Morgan fingerprint density at radius 1 is 1.37 bits per heavy atom. The first-order valence-electron chi connectivity index (χ1n) is 9.81. The van der Waals surface area contributed by atoms with Crippen molar-refractivity contribution in [1.29, 1.82) is 0 Å². The number of rotatable bonds is 5. The Morgan fingerprint density at radius 2 is 2.22 bits per heavy atom. The summed E-state index contributed by atoms with van der Waals surface area (Å²) in [7, 11) is 0. The summed E-state index contributed by atoms with van der Waals surface area (Å²) in [6, 6.07) is 1.95. The van der Waals surface area contributed by atoms with Gasteiger partial charge in [0.05, 0.1) is 5.92 Å². The van der Waals surface area contributed by atoms with Crippen molar-refractivity contribution in [2.75, 3.05) is 5.32 Å². The SMILES string of the molecule is CC[C@H](C(=O)Nc1cc(C2CC2)[nH]n1)C1=CC2CC/C=C(Cl)\C=C/C(=N1)C2. The van der Waals surface area contributed by atoms with Crippen LogP contribution in [0.25, 0.3) is 0 Å². The number of amides is 1. The third kappa shape index (κ3) is 4.41. The number of aliphatic imine (C=N–C) groups is 1. The number of carbonyl (C=O) groups is 1. The predicted molar refractivity (Wildman–Crippen MR) is 109 cm³/mol. The van der Waals surface area contributed by atoms with E-state index in [1.807, 2.05) is 31.2 Å². The summed E-state index contributed by atoms with van der Waals surface area (Å²) in [6.07, 6.45) is 14.1. The minimum Gasteiger partial charge on any atom is -0.309 e. The summed E-state index contributed by atoms with van der Waals surface area (Å²) < 4.78 is 0. The predicted octanol–water partition coefficient (Wildman–Crippen LogP) is 5.07. The maximum atomic E-state index is 12.9. The molecule has 0 aromatic carbocycles. The molecule has 2 heterocycles. The van der Waals surface area contributed by atoms with Crippen LogP contribution in [0.1, 0.15) is 57.1 Å². The molecule has 2 atom stereocenters. The summed E-state index contributed by atoms with van der Waals surface area (Å²) in [5.41, 5.74) is 2.97. The van der Waals surface area contributed by atoms with E-state index in [4.69, 9.17) is 16.6 Å². The van der Waals surface area contributed by atoms with Crippen LogP contribution >= 0.6 is 11.6 Å². The molecule has 1 aromatic rings. The average molecular weight is 385 g/mol. The number of nitrogens with zero attached hydrogens (tertiary/aromatic N) is 2. The first-order chi connectivity index (χ1) is 13.1. The van der Waals surface area contributed by atoms with Gasteiger partial charge in [0.2, 0.25) is 5.91 Å². The van der Waals surface area contributed by atoms with Crippen LogP contribution in [-0.4, -0.2) is 21.8 Å². The molecule has 2 bridgehead atoms. The summed E-state index contributed by atoms with van der Waals surface area (Å²) >= 11 is 6.18. The molecule has 4 rings (SSSR count). The van der Waals surface area contributed by atoms with Crippen LogP contribution in [0.2, 0.25) is 0 Å². The Bertz CT molecular complexity index is 844. The fraction of sp³-hybridized carbons (Fsp3) is 0.476. The van der Waals surface area contributed by atoms with Gasteiger partial charge in [0, 0.05) is 34.1 Å². The lowest BCUT2D eigenvalue weighted by Crippen LogP contribution is -2.26. The van der Waals surface area contributed by atoms with Gasteiger partial charge < -0.3 is 5.32 Å². The smallest absolute Gasteiger partial charge is 0.234 e. The molecule has 0 radical (unpaired) electrons. The molecule has 1 unspecified atom stereocenters. The van der Waals surface area contributed by atoms with E-state index in [2.05, 4.69) is 21.6 Å². The van der Waals surface area contributed by atoms with Gasteiger partial charge in [-0.15, -0.1) is 0 Å². The first kappa shape index (κ1) is 18.2. The number of nitrogens with one attached hydrogen (secondary N) is 2. The molecule has 3 aliphatic rings. The number of anilines is 1. The molecule has 1 saturated carbocycles. The average Bonchev–Trinajstić information content (AvgIpc) is 3.39. The van der Waals surface area contributed by atoms with E-state index in [9.17, 15) is 4.79 Å². The van der Waals surface area contributed by atoms with Crippen molar-refractivity contribution in [3.8, 4) is 0 Å². The lowest BCUT2D eigenvalue weighted by Gasteiger charge is -2.23. The summed E-state index contributed by atoms with van der Waals surface area (Å²) in [6.45, 7) is 2.02. The molecule has 0 saturated heterocycles. The topological polar surface area (TPSA) is 70.1 Å². The number of halogens is 1. The Hall–Kier alpha value is -2.14. The maximum Gasteiger partial charge on any atom is 0.234 e. The molecule has 6 heteroatoms. The van der Waals surface area contributed by atoms with E-state index in [1.54, 1.807) is 0 Å². The minimum absolute atomic E-state index is 0.0450. The van der Waals surface area contributed by atoms with Crippen molar-refractivity contribution in [2.45, 2.75) is 51.4 Å². The van der Waals surface area contributed by atoms with Crippen LogP contribution < -0.4 is 5.32 Å². The van der Waals surface area contributed by atoms with Crippen LogP contribution in [0.4, 0.5) is 5.82 Å². The maximum absolute atomic E-state index is 12.9. The summed E-state index contributed by atoms with van der Waals surface area (Å²) in [5.74, 6) is 1.26. The number of allylic oxidation sites excluding steroid dienone is 5. The number of hydrogen-bond donors (Lipinski definition) is 2. The molecular weight excluding hydrogens is 360 g/mol. The van der Waals surface area contributed by atoms with Gasteiger partial charge in [-0.05, 0) is 56.6 Å². The van der Waals surface area contributed by atoms with Gasteiger partial charge in [-0.3, -0.25) is 14.9 Å². The molecule has 0 spiro atoms. The van der Waals surface area contributed by atoms with Gasteiger partial charge in [0.1, 0.15) is 0 Å². The van der Waals surface area contributed by atoms with Crippen LogP contribution in [0.5, 0.6) is 0 Å². The monoisotopic (exact) mass is 384 g/mol. The second-order valence-electron chi connectivity index (χ2n) is 7.59. The molecule has 1 fully saturated rings. The zero-order chi connectivity index (χ0) is 18.8. The van der Waals surface area contributed by atoms with Crippen molar-refractivity contribution in [3.05, 3.63) is 46.8 Å². The molecule has 142 valence electrons. The van der Waals surface area contributed by atoms with Crippen LogP contribution in [0, 0.1) is 11.8 Å². The van der Waals surface area contributed by atoms with Crippen molar-refractivity contribution in [3.63, 3.8) is 0 Å². The number of hydrogen-bond acceptors (Lipinski definition) is 3. The van der Waals surface area contributed by atoms with Crippen molar-refractivity contribution in [2.24, 2.45) is 16.8 Å². The Balaban J connectivity index is 1.51. The molecule has 1 aliphatic heterocycles. The number of fused-ring (bicyclic) bond motifs is 2. The van der Waals surface area contributed by atoms with E-state index >= 15 is 0 Å². The van der Waals surface area contributed by atoms with Gasteiger partial charge in [0.15, 0.2) is 5.82 Å². The van der Waals surface area contributed by atoms with Gasteiger partial charge >= 0.3 is 0 Å². The molecule has 1 aromatic heterocycles. The summed E-state index contributed by atoms with van der Waals surface area (Å²) in [5, 5.41) is 11.0. The Kier molecular flexibility index (Phi) is 5.30. The standard InChI is InChI=1S/C21H25ClN4O/c1-2-17(21(27)24-20-12-18(25-26-20)14-6-7-14)19-11-13-4-3-5-15(22)8-9-16(10-13)23-19/h5,8-9,11-14,17H,2-4,6-7,10H2,1H3,(H2,24,25,26,27)/b9-8-,15-5+/t13?,17-/m0/s1. The van der Waals surface area contributed by atoms with Crippen molar-refractivity contribution < 1.29 is 4.79 Å². The number of carbonyl (C=O) groups excluding carboxylic acids is 1. The normalized spacial score (nSPS) is 26.4. The summed E-state index contributed by atoms with van der Waals surface area (Å²) in [4.78, 5) is 17.7. The molecule has 1 amide bonds. The van der Waals surface area contributed by atoms with E-state index in [-0.39, 0.29) is 11.8 Å². The van der Waals surface area contributed by atoms with Crippen LogP contribution in [-0.2, 0) is 4.79 Å². The highest BCUT2D eigenvalue weighted by atomic mass is 35.5. The second-order valence-corrected chi connectivity index (χ2v) is 8.03. The molecule has 2 N–H and O–H groups in total. The lowest BCUT2D eigenvalue weighted by molar-refractivity contribution is -0.118. The third-order valence-corrected chi connectivity index (χ3v) is 5.69. The highest BCUT2D eigenvalue weighted by Gasteiger charge is 2.28. The number of aromatic nitrogens is 2. The van der Waals surface area contributed by atoms with Gasteiger partial charge in [-0.1, -0.05) is 30.7 Å². The zero-order valence-electron chi connectivity index (χ0n) is 15.5. The van der Waals surface area contributed by atoms with Crippen molar-refractivity contribution >= 4 is 29.0 Å². The fourth-order valence-corrected chi connectivity index (χ4v) is 3.90. The largest absolute Gasteiger partial charge is 0.309 e. The van der Waals surface area contributed by atoms with Gasteiger partial charge in [0.25, 0.3) is 0 Å². The number of aromatic amines is 1. The molecule has 27 heavy (non-hydrogen) atoms. The molecule has 5 nitrogen and oxygen atoms in total. The fourth-order valence-electron chi connectivity index (χ4n) is 3.73. The Morgan fingerprint density at radius 3 is 3.00 bits per heavy atom. The van der Waals surface area contributed by atoms with E-state index in [1.165, 1.54) is 12.8 Å². The highest BCUT2D eigenvalue weighted by molar-refractivity contribution is 6.31. The van der Waals surface area contributed by atoms with E-state index in [0.29, 0.717) is 24.1 Å². The van der Waals surface area contributed by atoms with E-state index in [0.717, 1.165) is 41.4 Å². The molecule has 2 aliphatic carbocycles. The van der Waals surface area contributed by atoms with Crippen LogP contribution in [0.3, 0.4) is 0 Å². The first-order valence-corrected chi connectivity index (χ1v) is 10.2. The zero-order valence-corrected chi connectivity index (χ0v) is 16.3. The Labute approximate surface area is 164 Å². The minimum atomic E-state index is -0.276. The van der Waals surface area contributed by atoms with E-state index < -0.39 is 0 Å². The highest BCUT2D eigenvalue weighted by Crippen LogP contribution is 2.39. The van der Waals surface area contributed by atoms with Crippen molar-refractivity contribution in [1.82, 2.24) is 10.2 Å². The van der Waals surface area contributed by atoms with Gasteiger partial charge in [-0.2, -0.15) is 5.10 Å². The van der Waals surface area contributed by atoms with Crippen LogP contribution in [0.15, 0.2) is 46.1 Å². The number of H-pyrrole nitrogens is 1.